The highest BCUT2D eigenvalue weighted by Crippen LogP contribution is 2.16. The van der Waals surface area contributed by atoms with E-state index < -0.39 is 0 Å². The highest BCUT2D eigenvalue weighted by atomic mass is 16.5. The van der Waals surface area contributed by atoms with Gasteiger partial charge >= 0.3 is 6.03 Å². The van der Waals surface area contributed by atoms with Gasteiger partial charge in [0.05, 0.1) is 13.7 Å². The molecular weight excluding hydrogens is 324 g/mol. The molecule has 25 heavy (non-hydrogen) atoms. The highest BCUT2D eigenvalue weighted by Gasteiger charge is 2.28. The molecule has 0 radical (unpaired) electrons. The van der Waals surface area contributed by atoms with E-state index in [9.17, 15) is 14.4 Å². The number of carbonyl (C=O) groups is 3. The number of amides is 4. The van der Waals surface area contributed by atoms with Crippen LogP contribution in [0.2, 0.25) is 0 Å². The first-order chi connectivity index (χ1) is 11.9. The van der Waals surface area contributed by atoms with Gasteiger partial charge in [0.25, 0.3) is 0 Å². The Morgan fingerprint density at radius 2 is 1.88 bits per heavy atom. The number of urea groups is 1. The number of hydrogen-bond acceptors (Lipinski definition) is 4. The van der Waals surface area contributed by atoms with Crippen LogP contribution < -0.4 is 15.4 Å². The molecule has 8 nitrogen and oxygen atoms in total. The number of anilines is 1. The SMILES string of the molecule is COc1ccc(NC(=O)N2CCN(CC(=O)NC(C)C)C(=O)C2)cc1. The molecule has 0 bridgehead atoms. The van der Waals surface area contributed by atoms with Crippen LogP contribution in [0.3, 0.4) is 0 Å². The molecule has 1 aromatic rings. The van der Waals surface area contributed by atoms with E-state index >= 15 is 0 Å². The second kappa shape index (κ2) is 8.36. The lowest BCUT2D eigenvalue weighted by Gasteiger charge is -2.34. The van der Waals surface area contributed by atoms with Gasteiger partial charge in [0, 0.05) is 24.8 Å². The summed E-state index contributed by atoms with van der Waals surface area (Å²) in [4.78, 5) is 39.1. The Labute approximate surface area is 147 Å². The highest BCUT2D eigenvalue weighted by molar-refractivity contribution is 5.94. The topological polar surface area (TPSA) is 91.0 Å². The van der Waals surface area contributed by atoms with Crippen LogP contribution in [0.4, 0.5) is 10.5 Å². The molecule has 1 aliphatic heterocycles. The summed E-state index contributed by atoms with van der Waals surface area (Å²) in [6.45, 7) is 4.41. The first kappa shape index (κ1) is 18.6. The molecule has 0 unspecified atom stereocenters. The smallest absolute Gasteiger partial charge is 0.322 e. The van der Waals surface area contributed by atoms with Crippen LogP contribution in [0.5, 0.6) is 5.75 Å². The van der Waals surface area contributed by atoms with E-state index in [1.54, 1.807) is 31.4 Å². The molecule has 4 amide bonds. The second-order valence-corrected chi connectivity index (χ2v) is 6.12. The third kappa shape index (κ3) is 5.37. The van der Waals surface area contributed by atoms with Crippen LogP contribution in [0.1, 0.15) is 13.8 Å². The van der Waals surface area contributed by atoms with Crippen molar-refractivity contribution in [3.05, 3.63) is 24.3 Å². The lowest BCUT2D eigenvalue weighted by molar-refractivity contribution is -0.139. The third-order valence-corrected chi connectivity index (χ3v) is 3.73. The standard InChI is InChI=1S/C17H24N4O4/c1-12(2)18-15(22)10-20-8-9-21(11-16(20)23)17(24)19-13-4-6-14(25-3)7-5-13/h4-7,12H,8-11H2,1-3H3,(H,18,22)(H,19,24). The van der Waals surface area contributed by atoms with Gasteiger partial charge in [-0.2, -0.15) is 0 Å². The minimum Gasteiger partial charge on any atom is -0.497 e. The van der Waals surface area contributed by atoms with E-state index in [-0.39, 0.29) is 37.0 Å². The van der Waals surface area contributed by atoms with Crippen molar-refractivity contribution >= 4 is 23.5 Å². The Morgan fingerprint density at radius 3 is 2.44 bits per heavy atom. The van der Waals surface area contributed by atoms with Crippen LogP contribution in [0.25, 0.3) is 0 Å². The predicted octanol–water partition coefficient (Wildman–Crippen LogP) is 0.896. The fourth-order valence-electron chi connectivity index (χ4n) is 2.47. The fourth-order valence-corrected chi connectivity index (χ4v) is 2.47. The number of piperazine rings is 1. The van der Waals surface area contributed by atoms with Gasteiger partial charge in [-0.15, -0.1) is 0 Å². The average Bonchev–Trinajstić information content (AvgIpc) is 2.56. The van der Waals surface area contributed by atoms with Crippen molar-refractivity contribution < 1.29 is 19.1 Å². The minimum atomic E-state index is -0.343. The van der Waals surface area contributed by atoms with E-state index in [4.69, 9.17) is 4.74 Å². The summed E-state index contributed by atoms with van der Waals surface area (Å²) in [5.74, 6) is 0.260. The number of methoxy groups -OCH3 is 1. The van der Waals surface area contributed by atoms with E-state index in [0.29, 0.717) is 24.5 Å². The van der Waals surface area contributed by atoms with Gasteiger partial charge in [0.15, 0.2) is 0 Å². The quantitative estimate of drug-likeness (QED) is 0.827. The first-order valence-electron chi connectivity index (χ1n) is 8.16. The second-order valence-electron chi connectivity index (χ2n) is 6.12. The summed E-state index contributed by atoms with van der Waals surface area (Å²) in [6.07, 6.45) is 0. The molecule has 0 spiro atoms. The zero-order chi connectivity index (χ0) is 18.4. The summed E-state index contributed by atoms with van der Waals surface area (Å²) < 4.78 is 5.07. The predicted molar refractivity (Wildman–Crippen MR) is 93.4 cm³/mol. The molecule has 0 atom stereocenters. The van der Waals surface area contributed by atoms with Gasteiger partial charge in [0.1, 0.15) is 12.3 Å². The normalized spacial score (nSPS) is 14.5. The fraction of sp³-hybridized carbons (Fsp3) is 0.471. The Balaban J connectivity index is 1.85. The van der Waals surface area contributed by atoms with Crippen molar-refractivity contribution in [1.82, 2.24) is 15.1 Å². The number of benzene rings is 1. The zero-order valence-electron chi connectivity index (χ0n) is 14.7. The van der Waals surface area contributed by atoms with Gasteiger partial charge < -0.3 is 25.2 Å². The van der Waals surface area contributed by atoms with Crippen LogP contribution >= 0.6 is 0 Å². The Bertz CT molecular complexity index is 630. The molecule has 1 fully saturated rings. The van der Waals surface area contributed by atoms with Gasteiger partial charge in [-0.05, 0) is 38.1 Å². The van der Waals surface area contributed by atoms with Gasteiger partial charge in [-0.1, -0.05) is 0 Å². The molecule has 1 aliphatic rings. The minimum absolute atomic E-state index is 0.0188. The Morgan fingerprint density at radius 1 is 1.20 bits per heavy atom. The number of ether oxygens (including phenoxy) is 1. The summed E-state index contributed by atoms with van der Waals surface area (Å²) in [7, 11) is 1.57. The first-order valence-corrected chi connectivity index (χ1v) is 8.16. The number of nitrogens with zero attached hydrogens (tertiary/aromatic N) is 2. The molecule has 0 aliphatic carbocycles. The van der Waals surface area contributed by atoms with Gasteiger partial charge in [-0.3, -0.25) is 9.59 Å². The van der Waals surface area contributed by atoms with Crippen molar-refractivity contribution in [1.29, 1.82) is 0 Å². The number of rotatable bonds is 5. The number of carbonyl (C=O) groups excluding carboxylic acids is 3. The van der Waals surface area contributed by atoms with Crippen LogP contribution in [0, 0.1) is 0 Å². The molecule has 136 valence electrons. The monoisotopic (exact) mass is 348 g/mol. The Kier molecular flexibility index (Phi) is 6.21. The number of nitrogens with one attached hydrogen (secondary N) is 2. The van der Waals surface area contributed by atoms with E-state index in [2.05, 4.69) is 10.6 Å². The van der Waals surface area contributed by atoms with Crippen LogP contribution in [-0.4, -0.2) is 67.0 Å². The maximum absolute atomic E-state index is 12.3. The van der Waals surface area contributed by atoms with Crippen molar-refractivity contribution in [3.63, 3.8) is 0 Å². The molecule has 1 heterocycles. The lowest BCUT2D eigenvalue weighted by Crippen LogP contribution is -2.55. The zero-order valence-corrected chi connectivity index (χ0v) is 14.7. The van der Waals surface area contributed by atoms with Crippen molar-refractivity contribution in [2.75, 3.05) is 38.6 Å². The lowest BCUT2D eigenvalue weighted by atomic mass is 10.3. The van der Waals surface area contributed by atoms with Crippen LogP contribution in [0.15, 0.2) is 24.3 Å². The molecule has 0 saturated carbocycles. The maximum atomic E-state index is 12.3. The average molecular weight is 348 g/mol. The molecule has 0 aromatic heterocycles. The molecule has 1 aromatic carbocycles. The summed E-state index contributed by atoms with van der Waals surface area (Å²) >= 11 is 0. The molecule has 2 N–H and O–H groups in total. The molecule has 1 saturated heterocycles. The Hall–Kier alpha value is -2.77. The van der Waals surface area contributed by atoms with Crippen molar-refractivity contribution in [2.24, 2.45) is 0 Å². The third-order valence-electron chi connectivity index (χ3n) is 3.73. The van der Waals surface area contributed by atoms with E-state index in [1.165, 1.54) is 9.80 Å². The van der Waals surface area contributed by atoms with Crippen molar-refractivity contribution in [2.45, 2.75) is 19.9 Å². The van der Waals surface area contributed by atoms with E-state index in [0.717, 1.165) is 0 Å². The summed E-state index contributed by atoms with van der Waals surface area (Å²) in [5.41, 5.74) is 0.622. The van der Waals surface area contributed by atoms with E-state index in [1.807, 2.05) is 13.8 Å². The van der Waals surface area contributed by atoms with Gasteiger partial charge in [0.2, 0.25) is 11.8 Å². The molecular formula is C17H24N4O4. The van der Waals surface area contributed by atoms with Gasteiger partial charge in [-0.25, -0.2) is 4.79 Å². The summed E-state index contributed by atoms with van der Waals surface area (Å²) in [5, 5.41) is 5.50. The van der Waals surface area contributed by atoms with Crippen molar-refractivity contribution in [3.8, 4) is 5.75 Å². The summed E-state index contributed by atoms with van der Waals surface area (Å²) in [6, 6.07) is 6.62. The maximum Gasteiger partial charge on any atom is 0.322 e. The largest absolute Gasteiger partial charge is 0.497 e. The molecule has 8 heteroatoms. The molecule has 2 rings (SSSR count). The number of hydrogen-bond donors (Lipinski definition) is 2. The van der Waals surface area contributed by atoms with Crippen LogP contribution in [-0.2, 0) is 9.59 Å².